The van der Waals surface area contributed by atoms with Crippen LogP contribution in [-0.4, -0.2) is 60.9 Å². The Morgan fingerprint density at radius 1 is 1.21 bits per heavy atom. The molecule has 7 nitrogen and oxygen atoms in total. The molecule has 5 rings (SSSR count). The number of hydrogen-bond acceptors (Lipinski definition) is 7. The second-order valence-corrected chi connectivity index (χ2v) is 9.51. The molecule has 1 aromatic carbocycles. The van der Waals surface area contributed by atoms with E-state index in [2.05, 4.69) is 48.2 Å². The Hall–Kier alpha value is -2.49. The largest absolute Gasteiger partial charge is 0.486 e. The number of methoxy groups -OCH3 is 1. The molecule has 0 atom stereocenters. The number of nitrogens with one attached hydrogen (secondary N) is 1. The molecule has 0 unspecified atom stereocenters. The fraction of sp³-hybridized carbons (Fsp3) is 0.440. The molecule has 0 saturated carbocycles. The maximum Gasteiger partial charge on any atom is 0.213 e. The predicted molar refractivity (Wildman–Crippen MR) is 131 cm³/mol. The zero-order chi connectivity index (χ0) is 23.5. The lowest BCUT2D eigenvalue weighted by Gasteiger charge is -2.32. The normalized spacial score (nSPS) is 16.7. The molecule has 4 heterocycles. The monoisotopic (exact) mass is 530 g/mol. The summed E-state index contributed by atoms with van der Waals surface area (Å²) in [5.41, 5.74) is 3.04. The maximum absolute atomic E-state index is 14.6. The number of benzene rings is 1. The van der Waals surface area contributed by atoms with Crippen LogP contribution in [-0.2, 0) is 13.0 Å². The van der Waals surface area contributed by atoms with Gasteiger partial charge >= 0.3 is 0 Å². The Balaban J connectivity index is 1.14. The van der Waals surface area contributed by atoms with Crippen molar-refractivity contribution < 1.29 is 18.6 Å². The minimum absolute atomic E-state index is 0.310. The van der Waals surface area contributed by atoms with Gasteiger partial charge in [-0.15, -0.1) is 0 Å². The highest BCUT2D eigenvalue weighted by atomic mass is 79.9. The number of piperidine rings is 1. The van der Waals surface area contributed by atoms with Crippen LogP contribution in [0.4, 0.5) is 4.39 Å². The van der Waals surface area contributed by atoms with E-state index < -0.39 is 0 Å². The van der Waals surface area contributed by atoms with Crippen molar-refractivity contribution in [2.45, 2.75) is 31.8 Å². The molecule has 180 valence electrons. The van der Waals surface area contributed by atoms with Gasteiger partial charge in [-0.05, 0) is 72.0 Å². The van der Waals surface area contributed by atoms with Crippen molar-refractivity contribution in [3.8, 4) is 17.4 Å². The van der Waals surface area contributed by atoms with Crippen LogP contribution in [0.25, 0.3) is 11.0 Å². The number of ether oxygens (including phenoxy) is 3. The van der Waals surface area contributed by atoms with Crippen LogP contribution in [0.2, 0.25) is 0 Å². The Labute approximate surface area is 206 Å². The molecule has 0 spiro atoms. The van der Waals surface area contributed by atoms with Crippen LogP contribution in [0.5, 0.6) is 17.4 Å². The van der Waals surface area contributed by atoms with Gasteiger partial charge < -0.3 is 24.4 Å². The molecule has 2 aliphatic heterocycles. The molecule has 1 N–H and O–H groups in total. The Morgan fingerprint density at radius 3 is 2.85 bits per heavy atom. The Morgan fingerprint density at radius 2 is 2.03 bits per heavy atom. The zero-order valence-electron chi connectivity index (χ0n) is 19.2. The van der Waals surface area contributed by atoms with Crippen LogP contribution in [0.3, 0.4) is 0 Å². The summed E-state index contributed by atoms with van der Waals surface area (Å²) in [6.07, 6.45) is 3.99. The summed E-state index contributed by atoms with van der Waals surface area (Å²) >= 11 is 3.59. The number of nitrogens with zero attached hydrogens (tertiary/aromatic N) is 3. The van der Waals surface area contributed by atoms with E-state index in [0.717, 1.165) is 55.0 Å². The zero-order valence-corrected chi connectivity index (χ0v) is 20.7. The van der Waals surface area contributed by atoms with Gasteiger partial charge in [0.1, 0.15) is 19.0 Å². The highest BCUT2D eigenvalue weighted by Gasteiger charge is 2.21. The molecule has 0 radical (unpaired) electrons. The van der Waals surface area contributed by atoms with Crippen molar-refractivity contribution in [2.24, 2.45) is 0 Å². The molecule has 1 fully saturated rings. The lowest BCUT2D eigenvalue weighted by Crippen LogP contribution is -2.42. The molecular formula is C25H28BrFN4O3. The van der Waals surface area contributed by atoms with Gasteiger partial charge in [0.15, 0.2) is 11.5 Å². The number of hydrogen-bond donors (Lipinski definition) is 1. The summed E-state index contributed by atoms with van der Waals surface area (Å²) in [6, 6.07) is 8.16. The molecule has 9 heteroatoms. The standard InChI is InChI=1S/C25H28BrFN4O3/c1-32-23-3-2-21-24(30-23)18(20(27)15-29-21)6-9-31-7-4-17(5-8-31)28-14-16-12-19(26)25-22(13-16)33-10-11-34-25/h2-3,12-13,15,17,28H,4-11,14H2,1H3. The summed E-state index contributed by atoms with van der Waals surface area (Å²) < 4.78 is 32.1. The van der Waals surface area contributed by atoms with Gasteiger partial charge in [-0.1, -0.05) is 0 Å². The lowest BCUT2D eigenvalue weighted by atomic mass is 10.0. The van der Waals surface area contributed by atoms with Crippen LogP contribution in [0, 0.1) is 5.82 Å². The summed E-state index contributed by atoms with van der Waals surface area (Å²) in [6.45, 7) is 4.68. The first-order valence-electron chi connectivity index (χ1n) is 11.6. The molecule has 2 aromatic heterocycles. The van der Waals surface area contributed by atoms with Gasteiger partial charge in [0.05, 0.1) is 28.8 Å². The molecule has 1 saturated heterocycles. The highest BCUT2D eigenvalue weighted by molar-refractivity contribution is 9.10. The fourth-order valence-electron chi connectivity index (χ4n) is 4.59. The number of rotatable bonds is 7. The number of pyridine rings is 2. The average molecular weight is 531 g/mol. The molecular weight excluding hydrogens is 503 g/mol. The topological polar surface area (TPSA) is 68.7 Å². The van der Waals surface area contributed by atoms with Crippen molar-refractivity contribution in [3.05, 3.63) is 51.9 Å². The van der Waals surface area contributed by atoms with E-state index in [1.165, 1.54) is 11.8 Å². The van der Waals surface area contributed by atoms with Crippen molar-refractivity contribution in [1.29, 1.82) is 0 Å². The minimum atomic E-state index is -0.310. The van der Waals surface area contributed by atoms with E-state index in [-0.39, 0.29) is 5.82 Å². The van der Waals surface area contributed by atoms with E-state index in [4.69, 9.17) is 14.2 Å². The summed E-state index contributed by atoms with van der Waals surface area (Å²) in [7, 11) is 1.56. The first-order valence-corrected chi connectivity index (χ1v) is 12.4. The van der Waals surface area contributed by atoms with Crippen molar-refractivity contribution in [3.63, 3.8) is 0 Å². The Bertz CT molecular complexity index is 1170. The maximum atomic E-state index is 14.6. The number of fused-ring (bicyclic) bond motifs is 2. The van der Waals surface area contributed by atoms with Gasteiger partial charge in [-0.3, -0.25) is 4.98 Å². The first-order chi connectivity index (χ1) is 16.6. The molecule has 3 aromatic rings. The quantitative estimate of drug-likeness (QED) is 0.492. The number of likely N-dealkylation sites (tertiary alicyclic amines) is 1. The average Bonchev–Trinajstić information content (AvgIpc) is 2.87. The van der Waals surface area contributed by atoms with Crippen molar-refractivity contribution >= 4 is 27.0 Å². The third kappa shape index (κ3) is 5.11. The SMILES string of the molecule is COc1ccc2ncc(F)c(CCN3CCC(NCc4cc(Br)c5c(c4)OCCO5)CC3)c2n1. The first kappa shape index (κ1) is 23.3. The highest BCUT2D eigenvalue weighted by Crippen LogP contribution is 2.38. The molecule has 0 amide bonds. The van der Waals surface area contributed by atoms with E-state index >= 15 is 0 Å². The molecule has 2 aliphatic rings. The molecule has 0 bridgehead atoms. The van der Waals surface area contributed by atoms with Gasteiger partial charge in [-0.25, -0.2) is 9.37 Å². The summed E-state index contributed by atoms with van der Waals surface area (Å²) in [5, 5.41) is 3.68. The van der Waals surface area contributed by atoms with Crippen LogP contribution < -0.4 is 19.5 Å². The number of aromatic nitrogens is 2. The predicted octanol–water partition coefficient (Wildman–Crippen LogP) is 4.11. The lowest BCUT2D eigenvalue weighted by molar-refractivity contribution is 0.170. The molecule has 0 aliphatic carbocycles. The van der Waals surface area contributed by atoms with Gasteiger partial charge in [-0.2, -0.15) is 0 Å². The van der Waals surface area contributed by atoms with E-state index in [1.54, 1.807) is 13.2 Å². The second-order valence-electron chi connectivity index (χ2n) is 8.65. The number of halogens is 2. The summed E-state index contributed by atoms with van der Waals surface area (Å²) in [5.74, 6) is 1.75. The van der Waals surface area contributed by atoms with Gasteiger partial charge in [0, 0.05) is 30.8 Å². The smallest absolute Gasteiger partial charge is 0.213 e. The van der Waals surface area contributed by atoms with Crippen molar-refractivity contribution in [2.75, 3.05) is 40.0 Å². The van der Waals surface area contributed by atoms with Gasteiger partial charge in [0.2, 0.25) is 5.88 Å². The second kappa shape index (κ2) is 10.4. The van der Waals surface area contributed by atoms with Crippen LogP contribution in [0.15, 0.2) is 34.9 Å². The minimum Gasteiger partial charge on any atom is -0.486 e. The van der Waals surface area contributed by atoms with Crippen molar-refractivity contribution in [1.82, 2.24) is 20.2 Å². The molecule has 34 heavy (non-hydrogen) atoms. The summed E-state index contributed by atoms with van der Waals surface area (Å²) in [4.78, 5) is 11.0. The Kier molecular flexibility index (Phi) is 7.12. The van der Waals surface area contributed by atoms with E-state index in [1.807, 2.05) is 6.07 Å². The fourth-order valence-corrected chi connectivity index (χ4v) is 5.19. The van der Waals surface area contributed by atoms with Crippen LogP contribution in [0.1, 0.15) is 24.0 Å². The van der Waals surface area contributed by atoms with Gasteiger partial charge in [0.25, 0.3) is 0 Å². The third-order valence-corrected chi connectivity index (χ3v) is 7.05. The van der Waals surface area contributed by atoms with Crippen LogP contribution >= 0.6 is 15.9 Å². The third-order valence-electron chi connectivity index (χ3n) is 6.47. The van der Waals surface area contributed by atoms with E-state index in [9.17, 15) is 4.39 Å². The van der Waals surface area contributed by atoms with E-state index in [0.29, 0.717) is 48.2 Å².